The average Bonchev–Trinajstić information content (AvgIpc) is 2.87. The molecule has 2 aliphatic rings. The highest BCUT2D eigenvalue weighted by molar-refractivity contribution is 7.09. The molecule has 0 radical (unpaired) electrons. The van der Waals surface area contributed by atoms with E-state index in [1.165, 1.54) is 13.0 Å². The minimum absolute atomic E-state index is 0.390. The van der Waals surface area contributed by atoms with Gasteiger partial charge in [0.05, 0.1) is 10.6 Å². The van der Waals surface area contributed by atoms with Crippen LogP contribution in [-0.2, 0) is 6.42 Å². The molecule has 15 heavy (non-hydrogen) atoms. The minimum atomic E-state index is -0.506. The Morgan fingerprint density at radius 2 is 2.53 bits per heavy atom. The summed E-state index contributed by atoms with van der Waals surface area (Å²) in [5.41, 5.74) is -0.506. The molecule has 2 fully saturated rings. The fourth-order valence-corrected chi connectivity index (χ4v) is 3.75. The van der Waals surface area contributed by atoms with Gasteiger partial charge in [-0.1, -0.05) is 0 Å². The van der Waals surface area contributed by atoms with Gasteiger partial charge in [-0.3, -0.25) is 4.90 Å². The minimum Gasteiger partial charge on any atom is -0.388 e. The van der Waals surface area contributed by atoms with E-state index < -0.39 is 5.60 Å². The van der Waals surface area contributed by atoms with Crippen LogP contribution in [0.4, 0.5) is 0 Å². The summed E-state index contributed by atoms with van der Waals surface area (Å²) in [4.78, 5) is 6.72. The molecule has 0 aliphatic carbocycles. The molecule has 3 nitrogen and oxygen atoms in total. The number of nitrogens with zero attached hydrogens (tertiary/aromatic N) is 2. The second-order valence-corrected chi connectivity index (χ2v) is 5.63. The molecule has 2 aliphatic heterocycles. The lowest BCUT2D eigenvalue weighted by Gasteiger charge is -2.29. The highest BCUT2D eigenvalue weighted by Crippen LogP contribution is 2.38. The van der Waals surface area contributed by atoms with Crippen LogP contribution in [0.15, 0.2) is 11.6 Å². The van der Waals surface area contributed by atoms with Crippen LogP contribution in [0.3, 0.4) is 0 Å². The van der Waals surface area contributed by atoms with Gasteiger partial charge in [0.1, 0.15) is 0 Å². The first kappa shape index (κ1) is 9.75. The van der Waals surface area contributed by atoms with Gasteiger partial charge in [-0.05, 0) is 25.8 Å². The van der Waals surface area contributed by atoms with Crippen molar-refractivity contribution in [2.24, 2.45) is 0 Å². The first-order chi connectivity index (χ1) is 7.28. The fraction of sp³-hybridized carbons (Fsp3) is 0.727. The number of thiazole rings is 1. The maximum absolute atomic E-state index is 10.7. The van der Waals surface area contributed by atoms with Crippen molar-refractivity contribution < 1.29 is 5.11 Å². The molecule has 2 atom stereocenters. The zero-order valence-electron chi connectivity index (χ0n) is 8.72. The molecular formula is C11H16N2OS. The summed E-state index contributed by atoms with van der Waals surface area (Å²) in [6.07, 6.45) is 5.88. The molecule has 1 aromatic rings. The Morgan fingerprint density at radius 1 is 1.60 bits per heavy atom. The normalized spacial score (nSPS) is 35.9. The van der Waals surface area contributed by atoms with Gasteiger partial charge < -0.3 is 5.11 Å². The second kappa shape index (κ2) is 3.54. The van der Waals surface area contributed by atoms with Crippen LogP contribution in [0.1, 0.15) is 24.3 Å². The molecule has 2 saturated heterocycles. The Bertz CT molecular complexity index is 340. The average molecular weight is 224 g/mol. The predicted octanol–water partition coefficient (Wildman–Crippen LogP) is 1.28. The van der Waals surface area contributed by atoms with Crippen molar-refractivity contribution in [1.82, 2.24) is 9.88 Å². The number of hydrogen-bond acceptors (Lipinski definition) is 4. The van der Waals surface area contributed by atoms with Crippen molar-refractivity contribution in [3.05, 3.63) is 16.6 Å². The first-order valence-corrected chi connectivity index (χ1v) is 6.51. The van der Waals surface area contributed by atoms with Crippen molar-refractivity contribution in [2.45, 2.75) is 37.3 Å². The predicted molar refractivity (Wildman–Crippen MR) is 60.0 cm³/mol. The molecule has 3 heterocycles. The number of aliphatic hydroxyl groups is 1. The summed E-state index contributed by atoms with van der Waals surface area (Å²) < 4.78 is 0. The fourth-order valence-electron chi connectivity index (χ4n) is 3.01. The van der Waals surface area contributed by atoms with E-state index in [1.54, 1.807) is 11.3 Å². The van der Waals surface area contributed by atoms with Crippen molar-refractivity contribution in [3.63, 3.8) is 0 Å². The van der Waals surface area contributed by atoms with Crippen molar-refractivity contribution in [3.8, 4) is 0 Å². The van der Waals surface area contributed by atoms with E-state index in [0.29, 0.717) is 6.04 Å². The Labute approximate surface area is 93.8 Å². The summed E-state index contributed by atoms with van der Waals surface area (Å²) in [6, 6.07) is 0.390. The summed E-state index contributed by atoms with van der Waals surface area (Å²) in [5, 5.41) is 13.7. The quantitative estimate of drug-likeness (QED) is 0.822. The van der Waals surface area contributed by atoms with Gasteiger partial charge in [0.25, 0.3) is 0 Å². The standard InChI is InChI=1S/C11H16N2OS/c14-11(8-10-12-4-7-15-10)3-6-13-5-1-2-9(11)13/h4,7,9,14H,1-3,5-6,8H2. The zero-order valence-corrected chi connectivity index (χ0v) is 9.54. The van der Waals surface area contributed by atoms with Crippen LogP contribution >= 0.6 is 11.3 Å². The molecular weight excluding hydrogens is 208 g/mol. The molecule has 2 unspecified atom stereocenters. The lowest BCUT2D eigenvalue weighted by atomic mass is 9.90. The highest BCUT2D eigenvalue weighted by atomic mass is 32.1. The van der Waals surface area contributed by atoms with E-state index in [0.717, 1.165) is 30.8 Å². The summed E-state index contributed by atoms with van der Waals surface area (Å²) in [6.45, 7) is 2.23. The summed E-state index contributed by atoms with van der Waals surface area (Å²) in [5.74, 6) is 0. The van der Waals surface area contributed by atoms with Crippen molar-refractivity contribution >= 4 is 11.3 Å². The third kappa shape index (κ3) is 1.61. The summed E-state index contributed by atoms with van der Waals surface area (Å²) >= 11 is 1.65. The number of hydrogen-bond donors (Lipinski definition) is 1. The van der Waals surface area contributed by atoms with E-state index in [1.807, 2.05) is 11.6 Å². The number of aromatic nitrogens is 1. The topological polar surface area (TPSA) is 36.4 Å². The van der Waals surface area contributed by atoms with Crippen LogP contribution in [0.5, 0.6) is 0 Å². The molecule has 1 aromatic heterocycles. The maximum atomic E-state index is 10.7. The van der Waals surface area contributed by atoms with Crippen LogP contribution in [-0.4, -0.2) is 39.7 Å². The molecule has 0 spiro atoms. The van der Waals surface area contributed by atoms with Gasteiger partial charge in [-0.2, -0.15) is 0 Å². The van der Waals surface area contributed by atoms with E-state index in [-0.39, 0.29) is 0 Å². The number of fused-ring (bicyclic) bond motifs is 1. The van der Waals surface area contributed by atoms with E-state index in [4.69, 9.17) is 0 Å². The Hall–Kier alpha value is -0.450. The van der Waals surface area contributed by atoms with Gasteiger partial charge in [0, 0.05) is 30.6 Å². The third-order valence-corrected chi connectivity index (χ3v) is 4.54. The molecule has 1 N–H and O–H groups in total. The van der Waals surface area contributed by atoms with Gasteiger partial charge in [0.2, 0.25) is 0 Å². The van der Waals surface area contributed by atoms with Gasteiger partial charge in [-0.15, -0.1) is 11.3 Å². The van der Waals surface area contributed by atoms with Crippen molar-refractivity contribution in [1.29, 1.82) is 0 Å². The SMILES string of the molecule is OC1(Cc2nccs2)CCN2CCCC21. The summed E-state index contributed by atoms with van der Waals surface area (Å²) in [7, 11) is 0. The maximum Gasteiger partial charge on any atom is 0.0954 e. The van der Waals surface area contributed by atoms with Gasteiger partial charge >= 0.3 is 0 Å². The van der Waals surface area contributed by atoms with Gasteiger partial charge in [-0.25, -0.2) is 4.98 Å². The Kier molecular flexibility index (Phi) is 2.30. The molecule has 4 heteroatoms. The van der Waals surface area contributed by atoms with Crippen LogP contribution in [0.2, 0.25) is 0 Å². The van der Waals surface area contributed by atoms with Crippen LogP contribution in [0, 0.1) is 0 Å². The molecule has 0 aromatic carbocycles. The molecule has 82 valence electrons. The molecule has 0 bridgehead atoms. The Morgan fingerprint density at radius 3 is 3.33 bits per heavy atom. The van der Waals surface area contributed by atoms with E-state index in [2.05, 4.69) is 9.88 Å². The Balaban J connectivity index is 1.79. The monoisotopic (exact) mass is 224 g/mol. The molecule has 3 rings (SSSR count). The lowest BCUT2D eigenvalue weighted by molar-refractivity contribution is 0.0140. The molecule has 0 amide bonds. The third-order valence-electron chi connectivity index (χ3n) is 3.76. The van der Waals surface area contributed by atoms with Gasteiger partial charge in [0.15, 0.2) is 0 Å². The second-order valence-electron chi connectivity index (χ2n) is 4.65. The largest absolute Gasteiger partial charge is 0.388 e. The first-order valence-electron chi connectivity index (χ1n) is 5.63. The van der Waals surface area contributed by atoms with Crippen molar-refractivity contribution in [2.75, 3.05) is 13.1 Å². The highest BCUT2D eigenvalue weighted by Gasteiger charge is 2.48. The van der Waals surface area contributed by atoms with Crippen LogP contribution < -0.4 is 0 Å². The number of rotatable bonds is 2. The molecule has 0 saturated carbocycles. The smallest absolute Gasteiger partial charge is 0.0954 e. The lowest BCUT2D eigenvalue weighted by Crippen LogP contribution is -2.42. The van der Waals surface area contributed by atoms with E-state index >= 15 is 0 Å². The zero-order chi connectivity index (χ0) is 10.3. The van der Waals surface area contributed by atoms with E-state index in [9.17, 15) is 5.11 Å². The van der Waals surface area contributed by atoms with Crippen LogP contribution in [0.25, 0.3) is 0 Å².